The van der Waals surface area contributed by atoms with Crippen LogP contribution in [0.5, 0.6) is 0 Å². The van der Waals surface area contributed by atoms with Crippen molar-refractivity contribution >= 4 is 23.6 Å². The van der Waals surface area contributed by atoms with Gasteiger partial charge in [-0.2, -0.15) is 0 Å². The van der Waals surface area contributed by atoms with Gasteiger partial charge in [0.05, 0.1) is 12.7 Å². The number of fused-ring (bicyclic) bond motifs is 1. The highest BCUT2D eigenvalue weighted by Crippen LogP contribution is 2.31. The van der Waals surface area contributed by atoms with Gasteiger partial charge in [-0.1, -0.05) is 53.7 Å². The largest absolute Gasteiger partial charge is 0.452 e. The third kappa shape index (κ3) is 4.46. The quantitative estimate of drug-likeness (QED) is 0.468. The van der Waals surface area contributed by atoms with Gasteiger partial charge in [0.15, 0.2) is 6.61 Å². The number of benzene rings is 2. The molecule has 0 N–H and O–H groups in total. The van der Waals surface area contributed by atoms with Gasteiger partial charge in [0.1, 0.15) is 5.69 Å². The Bertz CT molecular complexity index is 1070. The highest BCUT2D eigenvalue weighted by atomic mass is 16.5. The molecule has 152 valence electrons. The van der Waals surface area contributed by atoms with Crippen LogP contribution in [0.25, 0.3) is 6.08 Å². The Morgan fingerprint density at radius 1 is 1.13 bits per heavy atom. The Kier molecular flexibility index (Phi) is 5.70. The number of ether oxygens (including phenoxy) is 1. The summed E-state index contributed by atoms with van der Waals surface area (Å²) < 4.78 is 6.82. The number of hydrogen-bond acceptors (Lipinski definition) is 5. The molecule has 7 heteroatoms. The molecule has 0 saturated heterocycles. The predicted octanol–water partition coefficient (Wildman–Crippen LogP) is 2.86. The number of esters is 1. The van der Waals surface area contributed by atoms with Gasteiger partial charge in [0.2, 0.25) is 0 Å². The third-order valence-electron chi connectivity index (χ3n) is 4.95. The van der Waals surface area contributed by atoms with E-state index in [4.69, 9.17) is 4.74 Å². The van der Waals surface area contributed by atoms with E-state index in [9.17, 15) is 9.59 Å². The smallest absolute Gasteiger partial charge is 0.331 e. The molecule has 0 spiro atoms. The minimum Gasteiger partial charge on any atom is -0.452 e. The van der Waals surface area contributed by atoms with E-state index >= 15 is 0 Å². The Labute approximate surface area is 174 Å². The molecule has 4 rings (SSSR count). The van der Waals surface area contributed by atoms with E-state index in [0.29, 0.717) is 12.2 Å². The fraction of sp³-hybridized carbons (Fsp3) is 0.217. The number of hydrogen-bond donors (Lipinski definition) is 0. The van der Waals surface area contributed by atoms with Crippen molar-refractivity contribution in [2.45, 2.75) is 25.9 Å². The van der Waals surface area contributed by atoms with Gasteiger partial charge in [-0.25, -0.2) is 9.48 Å². The van der Waals surface area contributed by atoms with Crippen molar-refractivity contribution in [1.29, 1.82) is 0 Å². The van der Waals surface area contributed by atoms with Gasteiger partial charge >= 0.3 is 5.97 Å². The summed E-state index contributed by atoms with van der Waals surface area (Å²) >= 11 is 0. The standard InChI is InChI=1S/C23H22N4O3/c1-17-13-19-9-5-6-10-21(19)27(17)22(28)16-30-23(29)12-11-20-15-26(25-24-20)14-18-7-3-2-4-8-18/h2-12,15,17H,13-14,16H2,1H3/b12-11+/t17-/m0/s1. The summed E-state index contributed by atoms with van der Waals surface area (Å²) in [6, 6.07) is 17.7. The van der Waals surface area contributed by atoms with Crippen LogP contribution in [-0.2, 0) is 27.3 Å². The molecule has 0 fully saturated rings. The van der Waals surface area contributed by atoms with Crippen molar-refractivity contribution < 1.29 is 14.3 Å². The van der Waals surface area contributed by atoms with E-state index in [1.165, 1.54) is 12.2 Å². The average molecular weight is 402 g/mol. The van der Waals surface area contributed by atoms with E-state index in [1.807, 2.05) is 61.5 Å². The van der Waals surface area contributed by atoms with Crippen LogP contribution in [0.4, 0.5) is 5.69 Å². The van der Waals surface area contributed by atoms with Gasteiger partial charge in [0.25, 0.3) is 5.91 Å². The van der Waals surface area contributed by atoms with Gasteiger partial charge in [-0.3, -0.25) is 4.79 Å². The molecule has 30 heavy (non-hydrogen) atoms. The van der Waals surface area contributed by atoms with Gasteiger partial charge in [0, 0.05) is 17.8 Å². The normalized spacial score (nSPS) is 15.4. The summed E-state index contributed by atoms with van der Waals surface area (Å²) in [6.45, 7) is 2.27. The van der Waals surface area contributed by atoms with Crippen molar-refractivity contribution in [3.8, 4) is 0 Å². The predicted molar refractivity (Wildman–Crippen MR) is 113 cm³/mol. The molecule has 1 atom stereocenters. The molecule has 2 heterocycles. The van der Waals surface area contributed by atoms with E-state index in [-0.39, 0.29) is 18.6 Å². The second kappa shape index (κ2) is 8.73. The summed E-state index contributed by atoms with van der Waals surface area (Å²) in [6.07, 6.45) is 5.32. The molecule has 3 aromatic rings. The Morgan fingerprint density at radius 2 is 1.90 bits per heavy atom. The number of carbonyl (C=O) groups is 2. The van der Waals surface area contributed by atoms with Crippen LogP contribution in [0, 0.1) is 0 Å². The Hall–Kier alpha value is -3.74. The van der Waals surface area contributed by atoms with Gasteiger partial charge in [-0.05, 0) is 36.6 Å². The maximum absolute atomic E-state index is 12.6. The van der Waals surface area contributed by atoms with Crippen LogP contribution in [0.3, 0.4) is 0 Å². The van der Waals surface area contributed by atoms with Crippen molar-refractivity contribution in [1.82, 2.24) is 15.0 Å². The molecule has 1 aromatic heterocycles. The van der Waals surface area contributed by atoms with Crippen LogP contribution in [0.2, 0.25) is 0 Å². The molecule has 1 amide bonds. The molecule has 2 aromatic carbocycles. The van der Waals surface area contributed by atoms with Crippen LogP contribution < -0.4 is 4.90 Å². The molecule has 7 nitrogen and oxygen atoms in total. The first-order valence-electron chi connectivity index (χ1n) is 9.79. The lowest BCUT2D eigenvalue weighted by Crippen LogP contribution is -2.38. The summed E-state index contributed by atoms with van der Waals surface area (Å²) in [5.74, 6) is -0.830. The molecule has 0 saturated carbocycles. The highest BCUT2D eigenvalue weighted by Gasteiger charge is 2.30. The maximum atomic E-state index is 12.6. The number of para-hydroxylation sites is 1. The number of carbonyl (C=O) groups excluding carboxylic acids is 2. The SMILES string of the molecule is C[C@H]1Cc2ccccc2N1C(=O)COC(=O)/C=C/c1cn(Cc2ccccc2)nn1. The molecule has 0 unspecified atom stereocenters. The van der Waals surface area contributed by atoms with Crippen molar-refractivity contribution in [2.75, 3.05) is 11.5 Å². The minimum absolute atomic E-state index is 0.0452. The average Bonchev–Trinajstić information content (AvgIpc) is 3.34. The second-order valence-electron chi connectivity index (χ2n) is 7.21. The first kappa shape index (κ1) is 19.6. The molecular weight excluding hydrogens is 380 g/mol. The number of anilines is 1. The molecule has 1 aliphatic heterocycles. The lowest BCUT2D eigenvalue weighted by molar-refractivity contribution is -0.143. The summed E-state index contributed by atoms with van der Waals surface area (Å²) in [5, 5.41) is 8.07. The zero-order valence-corrected chi connectivity index (χ0v) is 16.6. The third-order valence-corrected chi connectivity index (χ3v) is 4.95. The Morgan fingerprint density at radius 3 is 2.73 bits per heavy atom. The van der Waals surface area contributed by atoms with E-state index < -0.39 is 5.97 Å². The monoisotopic (exact) mass is 402 g/mol. The van der Waals surface area contributed by atoms with E-state index in [2.05, 4.69) is 10.3 Å². The zero-order valence-electron chi connectivity index (χ0n) is 16.6. The molecule has 1 aliphatic rings. The van der Waals surface area contributed by atoms with Crippen LogP contribution >= 0.6 is 0 Å². The van der Waals surface area contributed by atoms with Crippen molar-refractivity contribution in [3.63, 3.8) is 0 Å². The van der Waals surface area contributed by atoms with Gasteiger partial charge < -0.3 is 9.64 Å². The zero-order chi connectivity index (χ0) is 20.9. The fourth-order valence-electron chi connectivity index (χ4n) is 3.59. The lowest BCUT2D eigenvalue weighted by atomic mass is 10.1. The first-order chi connectivity index (χ1) is 14.6. The fourth-order valence-corrected chi connectivity index (χ4v) is 3.59. The first-order valence-corrected chi connectivity index (χ1v) is 9.79. The van der Waals surface area contributed by atoms with Crippen LogP contribution in [-0.4, -0.2) is 39.5 Å². The topological polar surface area (TPSA) is 77.3 Å². The minimum atomic E-state index is -0.596. The van der Waals surface area contributed by atoms with Crippen molar-refractivity contribution in [2.24, 2.45) is 0 Å². The second-order valence-corrected chi connectivity index (χ2v) is 7.21. The molecule has 0 bridgehead atoms. The molecule has 0 aliphatic carbocycles. The number of nitrogens with zero attached hydrogens (tertiary/aromatic N) is 4. The Balaban J connectivity index is 1.30. The number of rotatable bonds is 6. The summed E-state index contributed by atoms with van der Waals surface area (Å²) in [4.78, 5) is 26.3. The summed E-state index contributed by atoms with van der Waals surface area (Å²) in [5.41, 5.74) is 3.66. The summed E-state index contributed by atoms with van der Waals surface area (Å²) in [7, 11) is 0. The molecular formula is C23H22N4O3. The highest BCUT2D eigenvalue weighted by molar-refractivity contribution is 5.98. The maximum Gasteiger partial charge on any atom is 0.331 e. The van der Waals surface area contributed by atoms with Crippen LogP contribution in [0.1, 0.15) is 23.7 Å². The van der Waals surface area contributed by atoms with Crippen LogP contribution in [0.15, 0.2) is 66.9 Å². The van der Waals surface area contributed by atoms with E-state index in [1.54, 1.807) is 15.8 Å². The molecule has 0 radical (unpaired) electrons. The number of aromatic nitrogens is 3. The van der Waals surface area contributed by atoms with Crippen molar-refractivity contribution in [3.05, 3.63) is 83.7 Å². The van der Waals surface area contributed by atoms with Gasteiger partial charge in [-0.15, -0.1) is 5.10 Å². The lowest BCUT2D eigenvalue weighted by Gasteiger charge is -2.22. The van der Waals surface area contributed by atoms with E-state index in [0.717, 1.165) is 23.2 Å². The number of amides is 1.